The summed E-state index contributed by atoms with van der Waals surface area (Å²) in [7, 11) is 1.79. The van der Waals surface area contributed by atoms with E-state index in [-0.39, 0.29) is 5.91 Å². The largest absolute Gasteiger partial charge is 0.389 e. The van der Waals surface area contributed by atoms with E-state index in [1.54, 1.807) is 47.5 Å². The zero-order valence-corrected chi connectivity index (χ0v) is 14.0. The van der Waals surface area contributed by atoms with Crippen LogP contribution >= 0.6 is 39.5 Å². The molecule has 3 nitrogen and oxygen atoms in total. The molecule has 0 saturated carbocycles. The van der Waals surface area contributed by atoms with E-state index in [0.29, 0.717) is 17.1 Å². The first-order valence-corrected chi connectivity index (χ1v) is 7.93. The fourth-order valence-corrected chi connectivity index (χ4v) is 3.11. The second-order valence-corrected chi connectivity index (χ2v) is 7.09. The first-order valence-electron chi connectivity index (χ1n) is 5.85. The van der Waals surface area contributed by atoms with Gasteiger partial charge < -0.3 is 10.6 Å². The summed E-state index contributed by atoms with van der Waals surface area (Å²) < 4.78 is 1.06. The van der Waals surface area contributed by atoms with Crippen LogP contribution in [0, 0.1) is 0 Å². The second-order valence-electron chi connectivity index (χ2n) is 4.36. The molecular weight excluding hydrogens is 356 g/mol. The zero-order valence-electron chi connectivity index (χ0n) is 10.8. The van der Waals surface area contributed by atoms with E-state index in [9.17, 15) is 4.79 Å². The van der Waals surface area contributed by atoms with Gasteiger partial charge >= 0.3 is 0 Å². The van der Waals surface area contributed by atoms with Crippen molar-refractivity contribution in [1.82, 2.24) is 4.90 Å². The highest BCUT2D eigenvalue weighted by Crippen LogP contribution is 2.22. The average Bonchev–Trinajstić information content (AvgIpc) is 2.83. The maximum Gasteiger partial charge on any atom is 0.253 e. The van der Waals surface area contributed by atoms with Gasteiger partial charge in [-0.25, -0.2) is 0 Å². The Balaban J connectivity index is 2.08. The van der Waals surface area contributed by atoms with Crippen LogP contribution in [0.2, 0.25) is 0 Å². The van der Waals surface area contributed by atoms with E-state index in [1.165, 1.54) is 0 Å². The molecule has 0 aliphatic carbocycles. The molecule has 0 saturated heterocycles. The van der Waals surface area contributed by atoms with Crippen molar-refractivity contribution in [2.75, 3.05) is 7.05 Å². The van der Waals surface area contributed by atoms with Crippen LogP contribution < -0.4 is 5.73 Å². The Kier molecular flexibility index (Phi) is 4.91. The third-order valence-electron chi connectivity index (χ3n) is 2.80. The molecule has 1 heterocycles. The number of thiocarbonyl (C=S) groups is 1. The third kappa shape index (κ3) is 3.65. The van der Waals surface area contributed by atoms with E-state index in [1.807, 2.05) is 11.4 Å². The predicted octanol–water partition coefficient (Wildman–Crippen LogP) is 3.42. The number of rotatable bonds is 4. The van der Waals surface area contributed by atoms with Crippen LogP contribution in [-0.4, -0.2) is 22.8 Å². The quantitative estimate of drug-likeness (QED) is 0.841. The molecule has 0 bridgehead atoms. The molecule has 2 aromatic rings. The van der Waals surface area contributed by atoms with Gasteiger partial charge in [-0.2, -0.15) is 0 Å². The van der Waals surface area contributed by atoms with E-state index >= 15 is 0 Å². The molecule has 1 amide bonds. The molecule has 0 atom stereocenters. The highest BCUT2D eigenvalue weighted by atomic mass is 79.9. The lowest BCUT2D eigenvalue weighted by molar-refractivity contribution is 0.0785. The van der Waals surface area contributed by atoms with E-state index < -0.39 is 0 Å². The summed E-state index contributed by atoms with van der Waals surface area (Å²) in [5.74, 6) is -0.0261. The summed E-state index contributed by atoms with van der Waals surface area (Å²) in [5.41, 5.74) is 8.04. The highest BCUT2D eigenvalue weighted by Gasteiger charge is 2.12. The predicted molar refractivity (Wildman–Crippen MR) is 90.1 cm³/mol. The van der Waals surface area contributed by atoms with Crippen LogP contribution in [0.5, 0.6) is 0 Å². The van der Waals surface area contributed by atoms with E-state index in [4.69, 9.17) is 18.0 Å². The minimum Gasteiger partial charge on any atom is -0.389 e. The molecule has 1 aromatic carbocycles. The molecule has 104 valence electrons. The van der Waals surface area contributed by atoms with Crippen molar-refractivity contribution in [3.8, 4) is 0 Å². The average molecular weight is 369 g/mol. The van der Waals surface area contributed by atoms with Crippen LogP contribution in [0.4, 0.5) is 0 Å². The van der Waals surface area contributed by atoms with Gasteiger partial charge in [0.2, 0.25) is 0 Å². The first kappa shape index (κ1) is 15.2. The Hall–Kier alpha value is -1.24. The number of hydrogen-bond donors (Lipinski definition) is 1. The topological polar surface area (TPSA) is 46.3 Å². The summed E-state index contributed by atoms with van der Waals surface area (Å²) >= 11 is 9.92. The normalized spacial score (nSPS) is 10.3. The van der Waals surface area contributed by atoms with Crippen LogP contribution in [0.25, 0.3) is 0 Å². The summed E-state index contributed by atoms with van der Waals surface area (Å²) in [4.78, 5) is 14.3. The lowest BCUT2D eigenvalue weighted by Crippen LogP contribution is -2.26. The molecule has 0 radical (unpaired) electrons. The number of thiophene rings is 1. The van der Waals surface area contributed by atoms with Crippen molar-refractivity contribution in [2.24, 2.45) is 5.73 Å². The molecule has 20 heavy (non-hydrogen) atoms. The number of nitrogens with zero attached hydrogens (tertiary/aromatic N) is 1. The second kappa shape index (κ2) is 6.47. The molecule has 1 aromatic heterocycles. The van der Waals surface area contributed by atoms with Crippen molar-refractivity contribution in [2.45, 2.75) is 6.54 Å². The third-order valence-corrected chi connectivity index (χ3v) is 4.59. The van der Waals surface area contributed by atoms with Crippen LogP contribution in [0.15, 0.2) is 39.5 Å². The Bertz CT molecular complexity index is 637. The summed E-state index contributed by atoms with van der Waals surface area (Å²) in [6.45, 7) is 0.581. The molecule has 0 spiro atoms. The van der Waals surface area contributed by atoms with Crippen LogP contribution in [0.1, 0.15) is 21.5 Å². The summed E-state index contributed by atoms with van der Waals surface area (Å²) in [5, 5.41) is 2.03. The zero-order chi connectivity index (χ0) is 14.7. The SMILES string of the molecule is CN(Cc1csc(Br)c1)C(=O)c1ccc(C(N)=S)cc1. The van der Waals surface area contributed by atoms with Crippen molar-refractivity contribution in [3.05, 3.63) is 56.2 Å². The van der Waals surface area contributed by atoms with Crippen molar-refractivity contribution in [1.29, 1.82) is 0 Å². The van der Waals surface area contributed by atoms with Crippen LogP contribution in [0.3, 0.4) is 0 Å². The monoisotopic (exact) mass is 368 g/mol. The Labute approximate surface area is 135 Å². The number of benzene rings is 1. The molecule has 0 unspecified atom stereocenters. The smallest absolute Gasteiger partial charge is 0.253 e. The molecule has 0 aliphatic rings. The standard InChI is InChI=1S/C14H13BrN2OS2/c1-17(7-9-6-12(15)20-8-9)14(18)11-4-2-10(3-5-11)13(16)19/h2-6,8H,7H2,1H3,(H2,16,19). The van der Waals surface area contributed by atoms with Gasteiger partial charge in [0.05, 0.1) is 3.79 Å². The first-order chi connectivity index (χ1) is 9.47. The highest BCUT2D eigenvalue weighted by molar-refractivity contribution is 9.11. The number of carbonyl (C=O) groups excluding carboxylic acids is 1. The van der Waals surface area contributed by atoms with Gasteiger partial charge in [-0.1, -0.05) is 24.4 Å². The number of carbonyl (C=O) groups is 1. The number of amides is 1. The van der Waals surface area contributed by atoms with Gasteiger partial charge in [-0.05, 0) is 45.1 Å². The van der Waals surface area contributed by atoms with Gasteiger partial charge in [-0.3, -0.25) is 4.79 Å². The fourth-order valence-electron chi connectivity index (χ4n) is 1.77. The number of hydrogen-bond acceptors (Lipinski definition) is 3. The Morgan fingerprint density at radius 2 is 1.95 bits per heavy atom. The maximum atomic E-state index is 12.3. The van der Waals surface area contributed by atoms with Gasteiger partial charge in [0.15, 0.2) is 0 Å². The number of nitrogens with two attached hydrogens (primary N) is 1. The summed E-state index contributed by atoms with van der Waals surface area (Å²) in [6, 6.07) is 9.05. The maximum absolute atomic E-state index is 12.3. The molecule has 2 N–H and O–H groups in total. The van der Waals surface area contributed by atoms with Gasteiger partial charge in [-0.15, -0.1) is 11.3 Å². The van der Waals surface area contributed by atoms with Crippen molar-refractivity contribution in [3.63, 3.8) is 0 Å². The van der Waals surface area contributed by atoms with Gasteiger partial charge in [0.1, 0.15) is 4.99 Å². The lowest BCUT2D eigenvalue weighted by atomic mass is 10.1. The fraction of sp³-hybridized carbons (Fsp3) is 0.143. The lowest BCUT2D eigenvalue weighted by Gasteiger charge is -2.16. The van der Waals surface area contributed by atoms with Crippen molar-refractivity contribution >= 4 is 50.4 Å². The minimum absolute atomic E-state index is 0.0261. The molecule has 0 aliphatic heterocycles. The Morgan fingerprint density at radius 3 is 2.45 bits per heavy atom. The molecule has 0 fully saturated rings. The Morgan fingerprint density at radius 1 is 1.35 bits per heavy atom. The van der Waals surface area contributed by atoms with Gasteiger partial charge in [0.25, 0.3) is 5.91 Å². The molecular formula is C14H13BrN2OS2. The summed E-state index contributed by atoms with van der Waals surface area (Å²) in [6.07, 6.45) is 0. The molecule has 2 rings (SSSR count). The van der Waals surface area contributed by atoms with Gasteiger partial charge in [0, 0.05) is 24.7 Å². The van der Waals surface area contributed by atoms with Crippen LogP contribution in [-0.2, 0) is 6.54 Å². The van der Waals surface area contributed by atoms with E-state index in [2.05, 4.69) is 15.9 Å². The minimum atomic E-state index is -0.0261. The number of halogens is 1. The molecule has 6 heteroatoms. The van der Waals surface area contributed by atoms with E-state index in [0.717, 1.165) is 14.9 Å². The van der Waals surface area contributed by atoms with Crippen molar-refractivity contribution < 1.29 is 4.79 Å².